The monoisotopic (exact) mass is 402 g/mol. The average Bonchev–Trinajstić information content (AvgIpc) is 3.11. The van der Waals surface area contributed by atoms with E-state index >= 15 is 0 Å². The largest absolute Gasteiger partial charge is 0.494 e. The minimum absolute atomic E-state index is 0.0633. The van der Waals surface area contributed by atoms with Crippen LogP contribution in [0, 0.1) is 11.3 Å². The predicted octanol–water partition coefficient (Wildman–Crippen LogP) is 4.54. The minimum atomic E-state index is -0.812. The molecule has 0 saturated heterocycles. The van der Waals surface area contributed by atoms with Gasteiger partial charge in [0, 0.05) is 34.0 Å². The van der Waals surface area contributed by atoms with Crippen molar-refractivity contribution < 1.29 is 19.4 Å². The summed E-state index contributed by atoms with van der Waals surface area (Å²) in [7, 11) is 0. The van der Waals surface area contributed by atoms with Crippen LogP contribution in [0.4, 0.5) is 0 Å². The molecule has 1 aliphatic rings. The summed E-state index contributed by atoms with van der Waals surface area (Å²) in [5.41, 5.74) is 3.94. The Balaban J connectivity index is 1.68. The van der Waals surface area contributed by atoms with Gasteiger partial charge in [0.15, 0.2) is 5.78 Å². The first-order chi connectivity index (χ1) is 14.3. The Labute approximate surface area is 174 Å². The summed E-state index contributed by atoms with van der Waals surface area (Å²) in [6.07, 6.45) is 1.31. The summed E-state index contributed by atoms with van der Waals surface area (Å²) in [4.78, 5) is 27.4. The summed E-state index contributed by atoms with van der Waals surface area (Å²) in [6, 6.07) is 13.0. The number of ether oxygens (including phenoxy) is 1. The molecule has 1 heterocycles. The zero-order valence-electron chi connectivity index (χ0n) is 16.9. The van der Waals surface area contributed by atoms with E-state index in [0.29, 0.717) is 41.9 Å². The lowest BCUT2D eigenvalue weighted by atomic mass is 9.71. The van der Waals surface area contributed by atoms with Crippen molar-refractivity contribution in [2.24, 2.45) is 0 Å². The molecule has 2 aromatic carbocycles. The molecular weight excluding hydrogens is 380 g/mol. The highest BCUT2D eigenvalue weighted by Crippen LogP contribution is 2.44. The first kappa shape index (κ1) is 19.7. The minimum Gasteiger partial charge on any atom is -0.494 e. The SMILES string of the molecule is CC1(C)c2ccc(OCCCCC(=O)O)cc2C(=O)c2c1[nH]c1cc(C#N)ccc21. The van der Waals surface area contributed by atoms with E-state index < -0.39 is 11.4 Å². The number of carboxylic acids is 1. The number of H-pyrrole nitrogens is 1. The zero-order valence-corrected chi connectivity index (χ0v) is 16.9. The molecule has 0 atom stereocenters. The molecule has 0 bridgehead atoms. The lowest BCUT2D eigenvalue weighted by Gasteiger charge is -2.32. The van der Waals surface area contributed by atoms with E-state index in [-0.39, 0.29) is 12.2 Å². The van der Waals surface area contributed by atoms with Crippen molar-refractivity contribution >= 4 is 22.7 Å². The maximum Gasteiger partial charge on any atom is 0.303 e. The second kappa shape index (κ2) is 7.34. The van der Waals surface area contributed by atoms with E-state index in [1.165, 1.54) is 0 Å². The summed E-state index contributed by atoms with van der Waals surface area (Å²) in [6.45, 7) is 4.55. The van der Waals surface area contributed by atoms with Gasteiger partial charge in [-0.05, 0) is 42.7 Å². The summed E-state index contributed by atoms with van der Waals surface area (Å²) < 4.78 is 5.77. The number of aromatic nitrogens is 1. The Morgan fingerprint density at radius 1 is 1.20 bits per heavy atom. The fourth-order valence-electron chi connectivity index (χ4n) is 4.16. The third kappa shape index (κ3) is 3.22. The standard InChI is InChI=1S/C24H22N2O4/c1-24(2)18-9-7-15(30-10-4-3-5-20(27)28)12-17(18)22(29)21-16-8-6-14(13-25)11-19(16)26-23(21)24/h6-9,11-12,26H,3-5,10H2,1-2H3,(H,27,28). The van der Waals surface area contributed by atoms with E-state index in [1.54, 1.807) is 18.2 Å². The van der Waals surface area contributed by atoms with Gasteiger partial charge in [-0.25, -0.2) is 0 Å². The molecule has 6 nitrogen and oxygen atoms in total. The molecule has 0 radical (unpaired) electrons. The summed E-state index contributed by atoms with van der Waals surface area (Å²) in [5, 5.41) is 18.7. The number of fused-ring (bicyclic) bond motifs is 4. The maximum absolute atomic E-state index is 13.4. The van der Waals surface area contributed by atoms with Crippen molar-refractivity contribution in [1.82, 2.24) is 4.98 Å². The van der Waals surface area contributed by atoms with Crippen molar-refractivity contribution in [3.8, 4) is 11.8 Å². The predicted molar refractivity (Wildman–Crippen MR) is 112 cm³/mol. The van der Waals surface area contributed by atoms with Crippen LogP contribution in [0.3, 0.4) is 0 Å². The molecule has 4 rings (SSSR count). The fourth-order valence-corrected chi connectivity index (χ4v) is 4.16. The number of nitrogens with one attached hydrogen (secondary N) is 1. The number of hydrogen-bond donors (Lipinski definition) is 2. The lowest BCUT2D eigenvalue weighted by molar-refractivity contribution is -0.137. The second-order valence-corrected chi connectivity index (χ2v) is 8.11. The van der Waals surface area contributed by atoms with Crippen LogP contribution in [0.25, 0.3) is 10.9 Å². The summed E-state index contributed by atoms with van der Waals surface area (Å²) in [5.74, 6) is -0.275. The molecule has 3 aromatic rings. The Hall–Kier alpha value is -3.59. The number of unbranched alkanes of at least 4 members (excludes halogenated alkanes) is 1. The van der Waals surface area contributed by atoms with Gasteiger partial charge >= 0.3 is 5.97 Å². The zero-order chi connectivity index (χ0) is 21.5. The van der Waals surface area contributed by atoms with E-state index in [4.69, 9.17) is 9.84 Å². The van der Waals surface area contributed by atoms with Crippen LogP contribution < -0.4 is 4.74 Å². The van der Waals surface area contributed by atoms with Crippen molar-refractivity contribution in [1.29, 1.82) is 5.26 Å². The maximum atomic E-state index is 13.4. The summed E-state index contributed by atoms with van der Waals surface area (Å²) >= 11 is 0. The normalized spacial score (nSPS) is 14.1. The van der Waals surface area contributed by atoms with Crippen molar-refractivity contribution in [3.05, 3.63) is 64.3 Å². The number of aromatic amines is 1. The molecule has 0 fully saturated rings. The van der Waals surface area contributed by atoms with Crippen molar-refractivity contribution in [2.75, 3.05) is 6.61 Å². The Bertz CT molecular complexity index is 1210. The number of ketones is 1. The van der Waals surface area contributed by atoms with E-state index in [2.05, 4.69) is 24.9 Å². The highest BCUT2D eigenvalue weighted by atomic mass is 16.5. The van der Waals surface area contributed by atoms with Crippen molar-refractivity contribution in [3.63, 3.8) is 0 Å². The van der Waals surface area contributed by atoms with Gasteiger partial charge in [0.2, 0.25) is 0 Å². The number of rotatable bonds is 6. The number of benzene rings is 2. The molecule has 0 aliphatic heterocycles. The molecule has 30 heavy (non-hydrogen) atoms. The van der Waals surface area contributed by atoms with Crippen LogP contribution in [-0.2, 0) is 10.2 Å². The molecule has 6 heteroatoms. The van der Waals surface area contributed by atoms with Crippen LogP contribution in [0.5, 0.6) is 5.75 Å². The van der Waals surface area contributed by atoms with Crippen LogP contribution in [0.2, 0.25) is 0 Å². The van der Waals surface area contributed by atoms with E-state index in [9.17, 15) is 14.9 Å². The molecule has 1 aliphatic carbocycles. The van der Waals surface area contributed by atoms with Gasteiger partial charge in [-0.15, -0.1) is 0 Å². The number of nitriles is 1. The third-order valence-corrected chi connectivity index (χ3v) is 5.74. The number of nitrogens with zero attached hydrogens (tertiary/aromatic N) is 1. The fraction of sp³-hybridized carbons (Fsp3) is 0.292. The van der Waals surface area contributed by atoms with Crippen molar-refractivity contribution in [2.45, 2.75) is 38.5 Å². The van der Waals surface area contributed by atoms with Crippen LogP contribution >= 0.6 is 0 Å². The highest BCUT2D eigenvalue weighted by molar-refractivity contribution is 6.20. The number of hydrogen-bond acceptors (Lipinski definition) is 4. The Morgan fingerprint density at radius 2 is 2.00 bits per heavy atom. The molecule has 0 spiro atoms. The Morgan fingerprint density at radius 3 is 2.73 bits per heavy atom. The van der Waals surface area contributed by atoms with Gasteiger partial charge in [0.25, 0.3) is 0 Å². The van der Waals surface area contributed by atoms with Gasteiger partial charge in [-0.2, -0.15) is 5.26 Å². The highest BCUT2D eigenvalue weighted by Gasteiger charge is 2.39. The van der Waals surface area contributed by atoms with Crippen LogP contribution in [-0.4, -0.2) is 28.4 Å². The van der Waals surface area contributed by atoms with Crippen LogP contribution in [0.15, 0.2) is 36.4 Å². The topological polar surface area (TPSA) is 103 Å². The quantitative estimate of drug-likeness (QED) is 0.589. The van der Waals surface area contributed by atoms with E-state index in [0.717, 1.165) is 22.2 Å². The Kier molecular flexibility index (Phi) is 4.83. The number of aliphatic carboxylic acids is 1. The van der Waals surface area contributed by atoms with Gasteiger partial charge in [0.05, 0.1) is 23.8 Å². The first-order valence-electron chi connectivity index (χ1n) is 9.93. The van der Waals surface area contributed by atoms with Gasteiger partial charge in [-0.3, -0.25) is 9.59 Å². The molecular formula is C24H22N2O4. The van der Waals surface area contributed by atoms with Gasteiger partial charge in [-0.1, -0.05) is 26.0 Å². The lowest BCUT2D eigenvalue weighted by Crippen LogP contribution is -2.30. The van der Waals surface area contributed by atoms with E-state index in [1.807, 2.05) is 18.2 Å². The molecule has 0 saturated carbocycles. The molecule has 0 unspecified atom stereocenters. The van der Waals surface area contributed by atoms with Gasteiger partial charge < -0.3 is 14.8 Å². The number of carbonyl (C=O) groups excluding carboxylic acids is 1. The molecule has 152 valence electrons. The molecule has 1 aromatic heterocycles. The third-order valence-electron chi connectivity index (χ3n) is 5.74. The smallest absolute Gasteiger partial charge is 0.303 e. The number of carboxylic acid groups (broad SMARTS) is 1. The molecule has 2 N–H and O–H groups in total. The molecule has 0 amide bonds. The second-order valence-electron chi connectivity index (χ2n) is 8.11. The first-order valence-corrected chi connectivity index (χ1v) is 9.93. The van der Waals surface area contributed by atoms with Gasteiger partial charge in [0.1, 0.15) is 5.75 Å². The average molecular weight is 402 g/mol. The number of carbonyl (C=O) groups is 2. The van der Waals surface area contributed by atoms with Crippen LogP contribution in [0.1, 0.15) is 65.9 Å².